The van der Waals surface area contributed by atoms with E-state index in [2.05, 4.69) is 15.2 Å². The molecule has 1 saturated heterocycles. The zero-order valence-corrected chi connectivity index (χ0v) is 13.6. The van der Waals surface area contributed by atoms with Gasteiger partial charge < -0.3 is 14.6 Å². The van der Waals surface area contributed by atoms with E-state index in [-0.39, 0.29) is 17.8 Å². The van der Waals surface area contributed by atoms with Crippen molar-refractivity contribution in [2.24, 2.45) is 0 Å². The van der Waals surface area contributed by atoms with E-state index < -0.39 is 0 Å². The molecule has 4 rings (SSSR count). The molecule has 1 N–H and O–H groups in total. The molecule has 1 amide bonds. The Kier molecular flexibility index (Phi) is 4.09. The van der Waals surface area contributed by atoms with Crippen LogP contribution in [0.25, 0.3) is 11.1 Å². The van der Waals surface area contributed by atoms with Crippen molar-refractivity contribution in [3.63, 3.8) is 0 Å². The highest BCUT2D eigenvalue weighted by Gasteiger charge is 2.28. The number of para-hydroxylation sites is 2. The first-order chi connectivity index (χ1) is 12.2. The third-order valence-electron chi connectivity index (χ3n) is 4.51. The molecule has 3 aromatic rings. The predicted octanol–water partition coefficient (Wildman–Crippen LogP) is 3.37. The first-order valence-corrected chi connectivity index (χ1v) is 8.37. The van der Waals surface area contributed by atoms with Crippen LogP contribution in [0.3, 0.4) is 0 Å². The molecule has 0 aliphatic carbocycles. The average molecular weight is 339 g/mol. The number of carbonyl (C=O) groups excluding carboxylic acids is 1. The zero-order valence-electron chi connectivity index (χ0n) is 13.6. The van der Waals surface area contributed by atoms with Crippen LogP contribution in [0.4, 0.5) is 10.4 Å². The fourth-order valence-electron chi connectivity index (χ4n) is 3.20. The number of oxazole rings is 1. The molecule has 1 aromatic heterocycles. The fourth-order valence-corrected chi connectivity index (χ4v) is 3.20. The average Bonchev–Trinajstić information content (AvgIpc) is 3.26. The Labute approximate surface area is 144 Å². The van der Waals surface area contributed by atoms with Gasteiger partial charge in [-0.3, -0.25) is 4.79 Å². The van der Waals surface area contributed by atoms with Crippen LogP contribution in [0.5, 0.6) is 0 Å². The van der Waals surface area contributed by atoms with Gasteiger partial charge in [0.15, 0.2) is 5.58 Å². The molecule has 0 bridgehead atoms. The van der Waals surface area contributed by atoms with Gasteiger partial charge in [-0.05, 0) is 49.2 Å². The highest BCUT2D eigenvalue weighted by atomic mass is 19.1. The Morgan fingerprint density at radius 1 is 1.24 bits per heavy atom. The van der Waals surface area contributed by atoms with Gasteiger partial charge in [0, 0.05) is 18.7 Å². The van der Waals surface area contributed by atoms with E-state index >= 15 is 0 Å². The number of anilines is 1. The van der Waals surface area contributed by atoms with Crippen LogP contribution in [-0.2, 0) is 0 Å². The Hall–Kier alpha value is -2.89. The Bertz CT molecular complexity index is 858. The highest BCUT2D eigenvalue weighted by molar-refractivity contribution is 5.94. The third-order valence-corrected chi connectivity index (χ3v) is 4.51. The number of amides is 1. The summed E-state index contributed by atoms with van der Waals surface area (Å²) >= 11 is 0. The van der Waals surface area contributed by atoms with E-state index in [0.29, 0.717) is 18.1 Å². The molecule has 1 unspecified atom stereocenters. The van der Waals surface area contributed by atoms with Crippen molar-refractivity contribution < 1.29 is 13.6 Å². The van der Waals surface area contributed by atoms with Crippen LogP contribution in [0.1, 0.15) is 23.2 Å². The molecule has 0 spiro atoms. The van der Waals surface area contributed by atoms with Crippen LogP contribution < -0.4 is 10.2 Å². The van der Waals surface area contributed by atoms with E-state index in [1.165, 1.54) is 24.3 Å². The summed E-state index contributed by atoms with van der Waals surface area (Å²) in [6, 6.07) is 13.9. The third kappa shape index (κ3) is 3.20. The van der Waals surface area contributed by atoms with E-state index in [1.807, 2.05) is 24.3 Å². The molecule has 5 nitrogen and oxygen atoms in total. The fraction of sp³-hybridized carbons (Fsp3) is 0.263. The quantitative estimate of drug-likeness (QED) is 0.792. The molecule has 2 heterocycles. The van der Waals surface area contributed by atoms with Crippen molar-refractivity contribution in [1.82, 2.24) is 10.3 Å². The molecule has 1 aliphatic rings. The summed E-state index contributed by atoms with van der Waals surface area (Å²) in [6.45, 7) is 1.35. The second-order valence-corrected chi connectivity index (χ2v) is 6.17. The molecule has 6 heteroatoms. The number of aromatic nitrogens is 1. The van der Waals surface area contributed by atoms with Crippen molar-refractivity contribution in [1.29, 1.82) is 0 Å². The Morgan fingerprint density at radius 3 is 2.84 bits per heavy atom. The highest BCUT2D eigenvalue weighted by Crippen LogP contribution is 2.28. The summed E-state index contributed by atoms with van der Waals surface area (Å²) in [7, 11) is 0. The number of carbonyl (C=O) groups is 1. The maximum absolute atomic E-state index is 13.0. The maximum atomic E-state index is 13.0. The number of halogens is 1. The van der Waals surface area contributed by atoms with Gasteiger partial charge >= 0.3 is 0 Å². The van der Waals surface area contributed by atoms with Gasteiger partial charge in [0.05, 0.1) is 6.04 Å². The van der Waals surface area contributed by atoms with Crippen LogP contribution in [0.15, 0.2) is 52.9 Å². The van der Waals surface area contributed by atoms with Gasteiger partial charge in [0.1, 0.15) is 11.3 Å². The van der Waals surface area contributed by atoms with Crippen LogP contribution in [0, 0.1) is 5.82 Å². The zero-order chi connectivity index (χ0) is 17.2. The molecule has 0 saturated carbocycles. The molecular weight excluding hydrogens is 321 g/mol. The molecule has 1 fully saturated rings. The van der Waals surface area contributed by atoms with Crippen molar-refractivity contribution in [2.75, 3.05) is 18.0 Å². The van der Waals surface area contributed by atoms with E-state index in [9.17, 15) is 9.18 Å². The summed E-state index contributed by atoms with van der Waals surface area (Å²) < 4.78 is 18.8. The number of rotatable bonds is 4. The Morgan fingerprint density at radius 2 is 2.04 bits per heavy atom. The van der Waals surface area contributed by atoms with Crippen molar-refractivity contribution in [2.45, 2.75) is 18.9 Å². The van der Waals surface area contributed by atoms with E-state index in [4.69, 9.17) is 4.42 Å². The first-order valence-electron chi connectivity index (χ1n) is 8.37. The minimum absolute atomic E-state index is 0.137. The van der Waals surface area contributed by atoms with Crippen LogP contribution in [0.2, 0.25) is 0 Å². The lowest BCUT2D eigenvalue weighted by atomic mass is 10.2. The van der Waals surface area contributed by atoms with Crippen molar-refractivity contribution in [3.05, 3.63) is 59.9 Å². The summed E-state index contributed by atoms with van der Waals surface area (Å²) in [5, 5.41) is 2.92. The van der Waals surface area contributed by atoms with Gasteiger partial charge in [-0.2, -0.15) is 4.98 Å². The largest absolute Gasteiger partial charge is 0.423 e. The topological polar surface area (TPSA) is 58.4 Å². The summed E-state index contributed by atoms with van der Waals surface area (Å²) in [5.74, 6) is -0.557. The molecule has 25 heavy (non-hydrogen) atoms. The van der Waals surface area contributed by atoms with E-state index in [1.54, 1.807) is 0 Å². The van der Waals surface area contributed by atoms with Crippen molar-refractivity contribution in [3.8, 4) is 0 Å². The minimum atomic E-state index is -0.352. The monoisotopic (exact) mass is 339 g/mol. The Balaban J connectivity index is 1.44. The molecule has 1 aliphatic heterocycles. The number of hydrogen-bond acceptors (Lipinski definition) is 4. The number of nitrogens with zero attached hydrogens (tertiary/aromatic N) is 2. The number of nitrogens with one attached hydrogen (secondary N) is 1. The normalized spacial score (nSPS) is 17.2. The van der Waals surface area contributed by atoms with Crippen LogP contribution >= 0.6 is 0 Å². The lowest BCUT2D eigenvalue weighted by molar-refractivity contribution is 0.0951. The van der Waals surface area contributed by atoms with Gasteiger partial charge in [0.2, 0.25) is 0 Å². The number of hydrogen-bond donors (Lipinski definition) is 1. The van der Waals surface area contributed by atoms with E-state index in [0.717, 1.165) is 30.5 Å². The molecular formula is C19H18FN3O2. The second-order valence-electron chi connectivity index (χ2n) is 6.17. The van der Waals surface area contributed by atoms with Crippen LogP contribution in [-0.4, -0.2) is 30.0 Å². The SMILES string of the molecule is O=C(NCC1CCCN1c1nc2ccccc2o1)c1ccc(F)cc1. The number of benzene rings is 2. The summed E-state index contributed by atoms with van der Waals surface area (Å²) in [6.07, 6.45) is 1.98. The van der Waals surface area contributed by atoms with Gasteiger partial charge in [0.25, 0.3) is 11.9 Å². The van der Waals surface area contributed by atoms with Gasteiger partial charge in [-0.15, -0.1) is 0 Å². The number of fused-ring (bicyclic) bond motifs is 1. The predicted molar refractivity (Wildman–Crippen MR) is 93.1 cm³/mol. The smallest absolute Gasteiger partial charge is 0.298 e. The molecule has 2 aromatic carbocycles. The lowest BCUT2D eigenvalue weighted by Gasteiger charge is -2.23. The van der Waals surface area contributed by atoms with Gasteiger partial charge in [-0.25, -0.2) is 4.39 Å². The van der Waals surface area contributed by atoms with Gasteiger partial charge in [-0.1, -0.05) is 12.1 Å². The molecule has 0 radical (unpaired) electrons. The standard InChI is InChI=1S/C19H18FN3O2/c20-14-9-7-13(8-10-14)18(24)21-12-15-4-3-11-23(15)19-22-16-5-1-2-6-17(16)25-19/h1-2,5-10,15H,3-4,11-12H2,(H,21,24). The second kappa shape index (κ2) is 6.55. The molecule has 1 atom stereocenters. The lowest BCUT2D eigenvalue weighted by Crippen LogP contribution is -2.40. The summed E-state index contributed by atoms with van der Waals surface area (Å²) in [4.78, 5) is 18.9. The maximum Gasteiger partial charge on any atom is 0.298 e. The summed E-state index contributed by atoms with van der Waals surface area (Å²) in [5.41, 5.74) is 2.05. The first kappa shape index (κ1) is 15.6. The molecule has 128 valence electrons. The minimum Gasteiger partial charge on any atom is -0.423 e. The van der Waals surface area contributed by atoms with Crippen molar-refractivity contribution >= 4 is 23.0 Å².